The predicted molar refractivity (Wildman–Crippen MR) is 66.2 cm³/mol. The molecular formula is C11H10ClF2N3S. The topological polar surface area (TPSA) is 38.7 Å². The SMILES string of the molecule is Cc1nc(Cc2ncc(CCl)c(C(F)F)n2)cs1. The van der Waals surface area contributed by atoms with Gasteiger partial charge in [0.05, 0.1) is 23.0 Å². The van der Waals surface area contributed by atoms with Crippen LogP contribution in [-0.2, 0) is 12.3 Å². The molecule has 0 aliphatic rings. The number of hydrogen-bond acceptors (Lipinski definition) is 4. The van der Waals surface area contributed by atoms with Crippen molar-refractivity contribution in [3.63, 3.8) is 0 Å². The molecule has 0 unspecified atom stereocenters. The molecule has 0 amide bonds. The van der Waals surface area contributed by atoms with Gasteiger partial charge in [-0.25, -0.2) is 23.7 Å². The molecule has 0 spiro atoms. The Kier molecular flexibility index (Phi) is 4.19. The maximum Gasteiger partial charge on any atom is 0.280 e. The third-order valence-corrected chi connectivity index (χ3v) is 3.41. The number of thiazole rings is 1. The average molecular weight is 290 g/mol. The fourth-order valence-corrected chi connectivity index (χ4v) is 2.31. The monoisotopic (exact) mass is 289 g/mol. The third-order valence-electron chi connectivity index (χ3n) is 2.30. The number of rotatable bonds is 4. The van der Waals surface area contributed by atoms with Crippen molar-refractivity contribution < 1.29 is 8.78 Å². The molecular weight excluding hydrogens is 280 g/mol. The highest BCUT2D eigenvalue weighted by Gasteiger charge is 2.16. The minimum Gasteiger partial charge on any atom is -0.246 e. The lowest BCUT2D eigenvalue weighted by Gasteiger charge is -2.06. The van der Waals surface area contributed by atoms with E-state index >= 15 is 0 Å². The smallest absolute Gasteiger partial charge is 0.246 e. The lowest BCUT2D eigenvalue weighted by atomic mass is 10.2. The minimum atomic E-state index is -2.64. The lowest BCUT2D eigenvalue weighted by molar-refractivity contribution is 0.144. The van der Waals surface area contributed by atoms with E-state index in [1.165, 1.54) is 17.5 Å². The molecule has 0 aromatic carbocycles. The van der Waals surface area contributed by atoms with Crippen LogP contribution in [0.1, 0.15) is 34.2 Å². The highest BCUT2D eigenvalue weighted by molar-refractivity contribution is 7.09. The van der Waals surface area contributed by atoms with Gasteiger partial charge in [0, 0.05) is 17.1 Å². The van der Waals surface area contributed by atoms with Crippen LogP contribution in [0, 0.1) is 6.92 Å². The normalized spacial score (nSPS) is 11.2. The molecule has 18 heavy (non-hydrogen) atoms. The standard InChI is InChI=1S/C11H10ClF2N3S/c1-6-16-8(5-18-6)2-9-15-4-7(3-12)10(17-9)11(13)14/h4-5,11H,2-3H2,1H3. The third kappa shape index (κ3) is 3.00. The molecule has 2 rings (SSSR count). The summed E-state index contributed by atoms with van der Waals surface area (Å²) in [7, 11) is 0. The highest BCUT2D eigenvalue weighted by atomic mass is 35.5. The Morgan fingerprint density at radius 3 is 2.72 bits per heavy atom. The molecule has 0 saturated carbocycles. The Hall–Kier alpha value is -1.14. The number of alkyl halides is 3. The van der Waals surface area contributed by atoms with E-state index in [0.29, 0.717) is 12.2 Å². The Bertz CT molecular complexity index is 545. The van der Waals surface area contributed by atoms with Gasteiger partial charge in [-0.3, -0.25) is 0 Å². The van der Waals surface area contributed by atoms with Gasteiger partial charge in [0.25, 0.3) is 6.43 Å². The molecule has 96 valence electrons. The molecule has 0 fully saturated rings. The zero-order valence-electron chi connectivity index (χ0n) is 9.53. The first-order valence-corrected chi connectivity index (χ1v) is 6.61. The molecule has 0 radical (unpaired) electrons. The van der Waals surface area contributed by atoms with Crippen molar-refractivity contribution in [3.8, 4) is 0 Å². The maximum atomic E-state index is 12.8. The Labute approximate surface area is 112 Å². The molecule has 0 saturated heterocycles. The van der Waals surface area contributed by atoms with Crippen LogP contribution in [0.5, 0.6) is 0 Å². The van der Waals surface area contributed by atoms with Gasteiger partial charge in [-0.15, -0.1) is 22.9 Å². The van der Waals surface area contributed by atoms with Crippen LogP contribution in [0.3, 0.4) is 0 Å². The van der Waals surface area contributed by atoms with Crippen LogP contribution in [0.25, 0.3) is 0 Å². The summed E-state index contributed by atoms with van der Waals surface area (Å²) in [4.78, 5) is 12.1. The van der Waals surface area contributed by atoms with E-state index in [1.54, 1.807) is 0 Å². The van der Waals surface area contributed by atoms with Gasteiger partial charge in [-0.2, -0.15) is 0 Å². The summed E-state index contributed by atoms with van der Waals surface area (Å²) >= 11 is 7.07. The average Bonchev–Trinajstić information content (AvgIpc) is 2.74. The second kappa shape index (κ2) is 5.67. The summed E-state index contributed by atoms with van der Waals surface area (Å²) in [6.45, 7) is 1.89. The molecule has 2 aromatic rings. The lowest BCUT2D eigenvalue weighted by Crippen LogP contribution is -2.04. The number of aryl methyl sites for hydroxylation is 1. The van der Waals surface area contributed by atoms with Crippen molar-refractivity contribution >= 4 is 22.9 Å². The first-order chi connectivity index (χ1) is 8.60. The van der Waals surface area contributed by atoms with E-state index in [9.17, 15) is 8.78 Å². The van der Waals surface area contributed by atoms with Crippen LogP contribution in [0.2, 0.25) is 0 Å². The van der Waals surface area contributed by atoms with Crippen LogP contribution in [0.4, 0.5) is 8.78 Å². The van der Waals surface area contributed by atoms with E-state index in [2.05, 4.69) is 15.0 Å². The van der Waals surface area contributed by atoms with E-state index in [-0.39, 0.29) is 17.1 Å². The van der Waals surface area contributed by atoms with Crippen molar-refractivity contribution in [1.82, 2.24) is 15.0 Å². The van der Waals surface area contributed by atoms with E-state index in [4.69, 9.17) is 11.6 Å². The number of nitrogens with zero attached hydrogens (tertiary/aromatic N) is 3. The van der Waals surface area contributed by atoms with Crippen molar-refractivity contribution in [2.24, 2.45) is 0 Å². The van der Waals surface area contributed by atoms with E-state index in [0.717, 1.165) is 10.7 Å². The van der Waals surface area contributed by atoms with Gasteiger partial charge in [0.1, 0.15) is 11.5 Å². The van der Waals surface area contributed by atoms with E-state index in [1.807, 2.05) is 12.3 Å². The summed E-state index contributed by atoms with van der Waals surface area (Å²) in [6.07, 6.45) is -0.930. The summed E-state index contributed by atoms with van der Waals surface area (Å²) in [5.74, 6) is 0.319. The first kappa shape index (κ1) is 13.3. The number of aromatic nitrogens is 3. The van der Waals surface area contributed by atoms with Crippen molar-refractivity contribution in [2.75, 3.05) is 0 Å². The van der Waals surface area contributed by atoms with Crippen molar-refractivity contribution in [2.45, 2.75) is 25.7 Å². The minimum absolute atomic E-state index is 0.0181. The fraction of sp³-hybridized carbons (Fsp3) is 0.364. The molecule has 2 aromatic heterocycles. The second-order valence-electron chi connectivity index (χ2n) is 3.67. The Morgan fingerprint density at radius 1 is 1.39 bits per heavy atom. The molecule has 7 heteroatoms. The van der Waals surface area contributed by atoms with Crippen LogP contribution >= 0.6 is 22.9 Å². The Morgan fingerprint density at radius 2 is 2.17 bits per heavy atom. The van der Waals surface area contributed by atoms with Crippen LogP contribution in [0.15, 0.2) is 11.6 Å². The summed E-state index contributed by atoms with van der Waals surface area (Å²) in [5, 5.41) is 2.80. The van der Waals surface area contributed by atoms with Crippen LogP contribution < -0.4 is 0 Å². The second-order valence-corrected chi connectivity index (χ2v) is 5.00. The highest BCUT2D eigenvalue weighted by Crippen LogP contribution is 2.22. The number of hydrogen-bond donors (Lipinski definition) is 0. The summed E-state index contributed by atoms with van der Waals surface area (Å²) in [6, 6.07) is 0. The van der Waals surface area contributed by atoms with Gasteiger partial charge < -0.3 is 0 Å². The fourth-order valence-electron chi connectivity index (χ4n) is 1.49. The largest absolute Gasteiger partial charge is 0.280 e. The van der Waals surface area contributed by atoms with Gasteiger partial charge in [-0.1, -0.05) is 0 Å². The Balaban J connectivity index is 2.26. The summed E-state index contributed by atoms with van der Waals surface area (Å²) in [5.41, 5.74) is 0.767. The van der Waals surface area contributed by atoms with Crippen molar-refractivity contribution in [3.05, 3.63) is 39.4 Å². The van der Waals surface area contributed by atoms with Gasteiger partial charge in [0.15, 0.2) is 0 Å². The zero-order valence-corrected chi connectivity index (χ0v) is 11.1. The number of halogens is 3. The van der Waals surface area contributed by atoms with Crippen LogP contribution in [-0.4, -0.2) is 15.0 Å². The van der Waals surface area contributed by atoms with Gasteiger partial charge in [0.2, 0.25) is 0 Å². The molecule has 3 nitrogen and oxygen atoms in total. The quantitative estimate of drug-likeness (QED) is 0.809. The van der Waals surface area contributed by atoms with E-state index < -0.39 is 6.43 Å². The zero-order chi connectivity index (χ0) is 13.1. The predicted octanol–water partition coefficient (Wildman–Crippen LogP) is 3.51. The molecule has 2 heterocycles. The van der Waals surface area contributed by atoms with Gasteiger partial charge in [-0.05, 0) is 6.92 Å². The molecule has 0 aliphatic heterocycles. The summed E-state index contributed by atoms with van der Waals surface area (Å²) < 4.78 is 25.5. The molecule has 0 N–H and O–H groups in total. The maximum absolute atomic E-state index is 12.8. The molecule has 0 bridgehead atoms. The molecule has 0 aliphatic carbocycles. The first-order valence-electron chi connectivity index (χ1n) is 5.20. The van der Waals surface area contributed by atoms with Crippen molar-refractivity contribution in [1.29, 1.82) is 0 Å². The van der Waals surface area contributed by atoms with Gasteiger partial charge >= 0.3 is 0 Å². The molecule has 0 atom stereocenters.